The summed E-state index contributed by atoms with van der Waals surface area (Å²) < 4.78 is 0. The number of benzene rings is 1. The Hall–Kier alpha value is -1.24. The van der Waals surface area contributed by atoms with E-state index in [1.807, 2.05) is 0 Å². The summed E-state index contributed by atoms with van der Waals surface area (Å²) in [7, 11) is 2.13. The predicted molar refractivity (Wildman–Crippen MR) is 61.3 cm³/mol. The number of hydrogen-bond acceptors (Lipinski definition) is 1. The van der Waals surface area contributed by atoms with E-state index in [0.29, 0.717) is 0 Å². The van der Waals surface area contributed by atoms with Gasteiger partial charge in [-0.15, -0.1) is 0 Å². The third kappa shape index (κ3) is 2.16. The van der Waals surface area contributed by atoms with Gasteiger partial charge in [-0.1, -0.05) is 24.3 Å². The lowest BCUT2D eigenvalue weighted by atomic mass is 10.2. The Morgan fingerprint density at radius 1 is 1.29 bits per heavy atom. The molecule has 1 saturated carbocycles. The summed E-state index contributed by atoms with van der Waals surface area (Å²) in [6.45, 7) is 2.19. The van der Waals surface area contributed by atoms with Crippen molar-refractivity contribution in [2.24, 2.45) is 5.92 Å². The maximum absolute atomic E-state index is 2.38. The fraction of sp³-hybridized carbons (Fsp3) is 0.385. The van der Waals surface area contributed by atoms with Gasteiger partial charge >= 0.3 is 0 Å². The molecule has 0 unspecified atom stereocenters. The van der Waals surface area contributed by atoms with Crippen molar-refractivity contribution in [3.05, 3.63) is 42.1 Å². The van der Waals surface area contributed by atoms with Gasteiger partial charge in [-0.2, -0.15) is 0 Å². The minimum atomic E-state index is 0.848. The first-order valence-electron chi connectivity index (χ1n) is 5.24. The molecule has 0 aliphatic heterocycles. The Kier molecular flexibility index (Phi) is 2.58. The van der Waals surface area contributed by atoms with Crippen molar-refractivity contribution in [3.8, 4) is 0 Å². The zero-order valence-electron chi connectivity index (χ0n) is 8.90. The topological polar surface area (TPSA) is 3.24 Å². The fourth-order valence-corrected chi connectivity index (χ4v) is 1.57. The van der Waals surface area contributed by atoms with Crippen molar-refractivity contribution in [2.45, 2.75) is 19.8 Å². The number of hydrogen-bond donors (Lipinski definition) is 0. The van der Waals surface area contributed by atoms with Gasteiger partial charge in [0.2, 0.25) is 0 Å². The van der Waals surface area contributed by atoms with Gasteiger partial charge in [-0.3, -0.25) is 0 Å². The van der Waals surface area contributed by atoms with Crippen molar-refractivity contribution in [1.82, 2.24) is 0 Å². The van der Waals surface area contributed by atoms with E-state index in [1.165, 1.54) is 24.2 Å². The Balaban J connectivity index is 2.10. The van der Waals surface area contributed by atoms with Gasteiger partial charge in [-0.05, 0) is 37.8 Å². The predicted octanol–water partition coefficient (Wildman–Crippen LogP) is 3.44. The normalized spacial score (nSPS) is 16.9. The molecule has 0 spiro atoms. The molecule has 1 nitrogen and oxygen atoms in total. The van der Waals surface area contributed by atoms with Crippen LogP contribution < -0.4 is 4.90 Å². The highest BCUT2D eigenvalue weighted by molar-refractivity contribution is 5.50. The number of para-hydroxylation sites is 1. The third-order valence-electron chi connectivity index (χ3n) is 2.77. The first-order valence-corrected chi connectivity index (χ1v) is 5.24. The lowest BCUT2D eigenvalue weighted by molar-refractivity contribution is 1.02. The second kappa shape index (κ2) is 3.87. The van der Waals surface area contributed by atoms with Crippen LogP contribution in [0, 0.1) is 5.92 Å². The van der Waals surface area contributed by atoms with Gasteiger partial charge in [0.25, 0.3) is 0 Å². The highest BCUT2D eigenvalue weighted by atomic mass is 15.1. The smallest absolute Gasteiger partial charge is 0.0405 e. The van der Waals surface area contributed by atoms with Crippen LogP contribution in [0.15, 0.2) is 42.1 Å². The number of allylic oxidation sites excluding steroid dienone is 2. The van der Waals surface area contributed by atoms with Gasteiger partial charge in [-0.25, -0.2) is 0 Å². The Morgan fingerprint density at radius 3 is 2.50 bits per heavy atom. The Morgan fingerprint density at radius 2 is 1.93 bits per heavy atom. The van der Waals surface area contributed by atoms with E-state index in [1.54, 1.807) is 0 Å². The van der Waals surface area contributed by atoms with E-state index >= 15 is 0 Å². The second-order valence-electron chi connectivity index (χ2n) is 4.04. The minimum absolute atomic E-state index is 0.848. The number of rotatable bonds is 3. The Labute approximate surface area is 86.1 Å². The monoisotopic (exact) mass is 187 g/mol. The summed E-state index contributed by atoms with van der Waals surface area (Å²) >= 11 is 0. The average molecular weight is 187 g/mol. The molecule has 0 aromatic heterocycles. The molecule has 2 rings (SSSR count). The van der Waals surface area contributed by atoms with E-state index in [4.69, 9.17) is 0 Å². The van der Waals surface area contributed by atoms with Crippen LogP contribution in [0.25, 0.3) is 0 Å². The lowest BCUT2D eigenvalue weighted by Crippen LogP contribution is -2.14. The largest absolute Gasteiger partial charge is 0.349 e. The van der Waals surface area contributed by atoms with Crippen LogP contribution in [-0.2, 0) is 0 Å². The summed E-state index contributed by atoms with van der Waals surface area (Å²) in [6, 6.07) is 10.5. The van der Waals surface area contributed by atoms with Crippen molar-refractivity contribution >= 4 is 5.69 Å². The maximum atomic E-state index is 2.38. The van der Waals surface area contributed by atoms with Gasteiger partial charge in [0.15, 0.2) is 0 Å². The van der Waals surface area contributed by atoms with Gasteiger partial charge < -0.3 is 4.90 Å². The molecule has 14 heavy (non-hydrogen) atoms. The van der Waals surface area contributed by atoms with Crippen LogP contribution in [-0.4, -0.2) is 7.05 Å². The molecule has 1 aliphatic carbocycles. The van der Waals surface area contributed by atoms with Crippen LogP contribution in [0.4, 0.5) is 5.69 Å². The molecule has 1 heteroatoms. The number of anilines is 1. The first-order chi connectivity index (χ1) is 6.77. The van der Waals surface area contributed by atoms with Crippen molar-refractivity contribution < 1.29 is 0 Å². The van der Waals surface area contributed by atoms with Crippen LogP contribution in [0.3, 0.4) is 0 Å². The molecule has 0 bridgehead atoms. The molecular formula is C13H17N. The molecule has 0 amide bonds. The molecule has 1 fully saturated rings. The highest BCUT2D eigenvalue weighted by Crippen LogP contribution is 2.32. The standard InChI is InChI=1S/C13H17N/c1-11(10-12-8-9-12)14(2)13-6-4-3-5-7-13/h3-7,10,12H,8-9H2,1-2H3/b11-10+. The average Bonchev–Trinajstić information content (AvgIpc) is 3.02. The van der Waals surface area contributed by atoms with Crippen LogP contribution >= 0.6 is 0 Å². The van der Waals surface area contributed by atoms with Crippen molar-refractivity contribution in [2.75, 3.05) is 11.9 Å². The van der Waals surface area contributed by atoms with Gasteiger partial charge in [0, 0.05) is 18.4 Å². The summed E-state index contributed by atoms with van der Waals surface area (Å²) in [5.74, 6) is 0.848. The minimum Gasteiger partial charge on any atom is -0.349 e. The molecular weight excluding hydrogens is 170 g/mol. The molecule has 1 aliphatic rings. The van der Waals surface area contributed by atoms with E-state index < -0.39 is 0 Å². The molecule has 1 aromatic carbocycles. The molecule has 1 aromatic rings. The van der Waals surface area contributed by atoms with E-state index in [9.17, 15) is 0 Å². The summed E-state index contributed by atoms with van der Waals surface area (Å²) in [5.41, 5.74) is 2.63. The third-order valence-corrected chi connectivity index (χ3v) is 2.77. The molecule has 0 heterocycles. The van der Waals surface area contributed by atoms with E-state index in [-0.39, 0.29) is 0 Å². The fourth-order valence-electron chi connectivity index (χ4n) is 1.57. The summed E-state index contributed by atoms with van der Waals surface area (Å²) in [6.07, 6.45) is 5.13. The quantitative estimate of drug-likeness (QED) is 0.700. The zero-order valence-corrected chi connectivity index (χ0v) is 8.90. The second-order valence-corrected chi connectivity index (χ2v) is 4.04. The van der Waals surface area contributed by atoms with Crippen molar-refractivity contribution in [3.63, 3.8) is 0 Å². The molecule has 0 N–H and O–H groups in total. The van der Waals surface area contributed by atoms with Crippen LogP contribution in [0.5, 0.6) is 0 Å². The van der Waals surface area contributed by atoms with E-state index in [0.717, 1.165) is 5.92 Å². The maximum Gasteiger partial charge on any atom is 0.0405 e. The molecule has 0 atom stereocenters. The lowest BCUT2D eigenvalue weighted by Gasteiger charge is -2.19. The van der Waals surface area contributed by atoms with Gasteiger partial charge in [0.05, 0.1) is 0 Å². The van der Waals surface area contributed by atoms with Crippen molar-refractivity contribution in [1.29, 1.82) is 0 Å². The number of nitrogens with zero attached hydrogens (tertiary/aromatic N) is 1. The SMILES string of the molecule is C/C(=C\C1CC1)N(C)c1ccccc1. The zero-order chi connectivity index (χ0) is 9.97. The molecule has 0 saturated heterocycles. The van der Waals surface area contributed by atoms with Crippen LogP contribution in [0.2, 0.25) is 0 Å². The van der Waals surface area contributed by atoms with E-state index in [2.05, 4.69) is 55.3 Å². The Bertz CT molecular complexity index is 322. The highest BCUT2D eigenvalue weighted by Gasteiger charge is 2.19. The first kappa shape index (κ1) is 9.32. The molecule has 74 valence electrons. The summed E-state index contributed by atoms with van der Waals surface area (Å²) in [5, 5.41) is 0. The summed E-state index contributed by atoms with van der Waals surface area (Å²) in [4.78, 5) is 2.25. The van der Waals surface area contributed by atoms with Crippen LogP contribution in [0.1, 0.15) is 19.8 Å². The van der Waals surface area contributed by atoms with Gasteiger partial charge in [0.1, 0.15) is 0 Å². The molecule has 0 radical (unpaired) electrons.